The van der Waals surface area contributed by atoms with Crippen LogP contribution >= 0.6 is 11.3 Å². The van der Waals surface area contributed by atoms with Crippen molar-refractivity contribution in [3.63, 3.8) is 0 Å². The van der Waals surface area contributed by atoms with E-state index in [1.165, 1.54) is 17.4 Å². The summed E-state index contributed by atoms with van der Waals surface area (Å²) < 4.78 is 16.5. The highest BCUT2D eigenvalue weighted by atomic mass is 32.1. The minimum absolute atomic E-state index is 0.147. The quantitative estimate of drug-likeness (QED) is 0.625. The molecule has 3 rings (SSSR count). The molecule has 0 radical (unpaired) electrons. The standard InChI is InChI=1S/C21H20FN3OS/c1-4-14-25-19-17(22)8-7-9-18(19)27-21(25)23-20(26)15-10-12-16(13-11-15)24(5-2)6-3/h1,7-13H,5-6,14H2,2-3H3. The number of terminal acetylenes is 1. The van der Waals surface area contributed by atoms with Gasteiger partial charge >= 0.3 is 0 Å². The molecule has 27 heavy (non-hydrogen) atoms. The van der Waals surface area contributed by atoms with Gasteiger partial charge in [0, 0.05) is 24.3 Å². The minimum atomic E-state index is -0.378. The summed E-state index contributed by atoms with van der Waals surface area (Å²) in [5.74, 6) is 1.75. The molecule has 1 heterocycles. The lowest BCUT2D eigenvalue weighted by Gasteiger charge is -2.20. The first-order valence-corrected chi connectivity index (χ1v) is 9.56. The normalized spacial score (nSPS) is 11.6. The third-order valence-electron chi connectivity index (χ3n) is 4.34. The third-order valence-corrected chi connectivity index (χ3v) is 5.38. The van der Waals surface area contributed by atoms with Crippen molar-refractivity contribution in [3.05, 3.63) is 58.6 Å². The predicted molar refractivity (Wildman–Crippen MR) is 109 cm³/mol. The Balaban J connectivity index is 2.01. The fourth-order valence-corrected chi connectivity index (χ4v) is 4.01. The van der Waals surface area contributed by atoms with Gasteiger partial charge in [-0.25, -0.2) is 4.39 Å². The number of nitrogens with zero attached hydrogens (tertiary/aromatic N) is 3. The summed E-state index contributed by atoms with van der Waals surface area (Å²) in [6.07, 6.45) is 5.42. The van der Waals surface area contributed by atoms with Crippen molar-refractivity contribution in [1.82, 2.24) is 4.57 Å². The first kappa shape index (κ1) is 18.9. The molecule has 6 heteroatoms. The number of rotatable bonds is 5. The topological polar surface area (TPSA) is 37.6 Å². The van der Waals surface area contributed by atoms with Crippen molar-refractivity contribution in [2.75, 3.05) is 18.0 Å². The van der Waals surface area contributed by atoms with E-state index in [0.717, 1.165) is 18.8 Å². The van der Waals surface area contributed by atoms with Gasteiger partial charge in [0.1, 0.15) is 5.82 Å². The number of para-hydroxylation sites is 1. The second kappa shape index (κ2) is 8.19. The Bertz CT molecular complexity index is 1070. The molecular weight excluding hydrogens is 361 g/mol. The SMILES string of the molecule is C#CCn1c(=NC(=O)c2ccc(N(CC)CC)cc2)sc2cccc(F)c21. The molecule has 0 bridgehead atoms. The van der Waals surface area contributed by atoms with E-state index in [2.05, 4.69) is 29.7 Å². The number of benzene rings is 2. The Labute approximate surface area is 161 Å². The van der Waals surface area contributed by atoms with Crippen molar-refractivity contribution in [3.8, 4) is 12.3 Å². The molecule has 0 saturated carbocycles. The van der Waals surface area contributed by atoms with Crippen molar-refractivity contribution >= 4 is 33.1 Å². The zero-order valence-corrected chi connectivity index (χ0v) is 16.1. The number of anilines is 1. The summed E-state index contributed by atoms with van der Waals surface area (Å²) in [6.45, 7) is 6.11. The maximum absolute atomic E-state index is 14.2. The zero-order valence-electron chi connectivity index (χ0n) is 15.3. The van der Waals surface area contributed by atoms with Crippen molar-refractivity contribution in [2.24, 2.45) is 4.99 Å². The van der Waals surface area contributed by atoms with Gasteiger partial charge < -0.3 is 9.47 Å². The van der Waals surface area contributed by atoms with Crippen LogP contribution in [0.4, 0.5) is 10.1 Å². The van der Waals surface area contributed by atoms with E-state index in [0.29, 0.717) is 20.6 Å². The molecule has 2 aromatic carbocycles. The number of hydrogen-bond acceptors (Lipinski definition) is 3. The Morgan fingerprint density at radius 3 is 2.56 bits per heavy atom. The van der Waals surface area contributed by atoms with Crippen LogP contribution in [-0.2, 0) is 6.54 Å². The molecule has 4 nitrogen and oxygen atoms in total. The molecule has 1 amide bonds. The fraction of sp³-hybridized carbons (Fsp3) is 0.238. The molecule has 0 aliphatic heterocycles. The van der Waals surface area contributed by atoms with Gasteiger partial charge in [-0.05, 0) is 50.2 Å². The second-order valence-corrected chi connectivity index (χ2v) is 6.91. The van der Waals surface area contributed by atoms with Crippen LogP contribution in [0.1, 0.15) is 24.2 Å². The summed E-state index contributed by atoms with van der Waals surface area (Å²) in [5.41, 5.74) is 1.92. The van der Waals surface area contributed by atoms with Gasteiger partial charge in [0.05, 0.1) is 16.8 Å². The summed E-state index contributed by atoms with van der Waals surface area (Å²) in [5, 5.41) is 0. The molecule has 138 valence electrons. The maximum Gasteiger partial charge on any atom is 0.279 e. The van der Waals surface area contributed by atoms with Crippen LogP contribution in [0.2, 0.25) is 0 Å². The lowest BCUT2D eigenvalue weighted by molar-refractivity contribution is 0.0998. The monoisotopic (exact) mass is 381 g/mol. The molecule has 0 atom stereocenters. The average molecular weight is 381 g/mol. The predicted octanol–water partition coefficient (Wildman–Crippen LogP) is 4.06. The first-order chi connectivity index (χ1) is 13.1. The summed E-state index contributed by atoms with van der Waals surface area (Å²) in [4.78, 5) is 19.4. The molecule has 0 N–H and O–H groups in total. The van der Waals surface area contributed by atoms with Crippen molar-refractivity contribution < 1.29 is 9.18 Å². The summed E-state index contributed by atoms with van der Waals surface area (Å²) >= 11 is 1.25. The van der Waals surface area contributed by atoms with Crippen molar-refractivity contribution in [2.45, 2.75) is 20.4 Å². The van der Waals surface area contributed by atoms with E-state index in [9.17, 15) is 9.18 Å². The Kier molecular flexibility index (Phi) is 5.72. The molecule has 0 saturated heterocycles. The third kappa shape index (κ3) is 3.79. The lowest BCUT2D eigenvalue weighted by atomic mass is 10.2. The van der Waals surface area contributed by atoms with Crippen LogP contribution in [0.5, 0.6) is 0 Å². The number of carbonyl (C=O) groups excluding carboxylic acids is 1. The van der Waals surface area contributed by atoms with E-state index < -0.39 is 0 Å². The fourth-order valence-electron chi connectivity index (χ4n) is 2.97. The smallest absolute Gasteiger partial charge is 0.279 e. The average Bonchev–Trinajstić information content (AvgIpc) is 3.02. The molecule has 0 unspecified atom stereocenters. The van der Waals surface area contributed by atoms with Crippen molar-refractivity contribution in [1.29, 1.82) is 0 Å². The number of halogens is 1. The van der Waals surface area contributed by atoms with Gasteiger partial charge in [-0.2, -0.15) is 4.99 Å². The second-order valence-electron chi connectivity index (χ2n) is 5.90. The van der Waals surface area contributed by atoms with Crippen LogP contribution < -0.4 is 9.70 Å². The van der Waals surface area contributed by atoms with Gasteiger partial charge in [-0.15, -0.1) is 6.42 Å². The lowest BCUT2D eigenvalue weighted by Crippen LogP contribution is -2.21. The van der Waals surface area contributed by atoms with Gasteiger partial charge in [0.15, 0.2) is 4.80 Å². The van der Waals surface area contributed by atoms with Crippen LogP contribution in [-0.4, -0.2) is 23.6 Å². The number of carbonyl (C=O) groups is 1. The highest BCUT2D eigenvalue weighted by molar-refractivity contribution is 7.16. The number of aromatic nitrogens is 1. The molecule has 0 spiro atoms. The first-order valence-electron chi connectivity index (χ1n) is 8.74. The number of hydrogen-bond donors (Lipinski definition) is 0. The molecule has 1 aromatic heterocycles. The van der Waals surface area contributed by atoms with E-state index in [1.54, 1.807) is 28.8 Å². The highest BCUT2D eigenvalue weighted by Crippen LogP contribution is 2.20. The van der Waals surface area contributed by atoms with E-state index in [-0.39, 0.29) is 18.3 Å². The van der Waals surface area contributed by atoms with Gasteiger partial charge in [-0.3, -0.25) is 4.79 Å². The van der Waals surface area contributed by atoms with Gasteiger partial charge in [-0.1, -0.05) is 23.3 Å². The molecule has 0 fully saturated rings. The summed E-state index contributed by atoms with van der Waals surface area (Å²) in [7, 11) is 0. The van der Waals surface area contributed by atoms with Crippen LogP contribution in [0, 0.1) is 18.2 Å². The minimum Gasteiger partial charge on any atom is -0.372 e. The van der Waals surface area contributed by atoms with Crippen LogP contribution in [0.25, 0.3) is 10.2 Å². The molecule has 0 aliphatic carbocycles. The Hall–Kier alpha value is -2.91. The van der Waals surface area contributed by atoms with Crippen LogP contribution in [0.15, 0.2) is 47.5 Å². The summed E-state index contributed by atoms with van der Waals surface area (Å²) in [6, 6.07) is 12.1. The zero-order chi connectivity index (χ0) is 19.4. The maximum atomic E-state index is 14.2. The Morgan fingerprint density at radius 1 is 1.22 bits per heavy atom. The Morgan fingerprint density at radius 2 is 1.93 bits per heavy atom. The molecular formula is C21H20FN3OS. The van der Waals surface area contributed by atoms with Gasteiger partial charge in [0.2, 0.25) is 0 Å². The molecule has 0 aliphatic rings. The number of fused-ring (bicyclic) bond motifs is 1. The van der Waals surface area contributed by atoms with E-state index in [4.69, 9.17) is 6.42 Å². The van der Waals surface area contributed by atoms with E-state index in [1.807, 2.05) is 12.1 Å². The van der Waals surface area contributed by atoms with E-state index >= 15 is 0 Å². The number of thiazole rings is 1. The largest absolute Gasteiger partial charge is 0.372 e. The van der Waals surface area contributed by atoms with Gasteiger partial charge in [0.25, 0.3) is 5.91 Å². The van der Waals surface area contributed by atoms with Crippen LogP contribution in [0.3, 0.4) is 0 Å². The highest BCUT2D eigenvalue weighted by Gasteiger charge is 2.12. The molecule has 3 aromatic rings. The number of amides is 1.